The summed E-state index contributed by atoms with van der Waals surface area (Å²) < 4.78 is 1.13. The number of aliphatic hydroxyl groups excluding tert-OH is 1. The van der Waals surface area contributed by atoms with Crippen LogP contribution in [-0.2, 0) is 0 Å². The minimum atomic E-state index is 0.129. The molecule has 0 radical (unpaired) electrons. The Bertz CT molecular complexity index is 327. The van der Waals surface area contributed by atoms with Crippen LogP contribution < -0.4 is 5.32 Å². The molecule has 0 aromatic heterocycles. The summed E-state index contributed by atoms with van der Waals surface area (Å²) in [6.45, 7) is 6.33. The fourth-order valence-corrected chi connectivity index (χ4v) is 1.76. The van der Waals surface area contributed by atoms with Gasteiger partial charge in [0.2, 0.25) is 0 Å². The van der Waals surface area contributed by atoms with Crippen molar-refractivity contribution in [3.05, 3.63) is 33.8 Å². The second-order valence-electron chi connectivity index (χ2n) is 3.98. The van der Waals surface area contributed by atoms with Crippen LogP contribution in [0.1, 0.15) is 31.0 Å². The molecule has 3 heteroatoms. The minimum absolute atomic E-state index is 0.129. The molecule has 2 N–H and O–H groups in total. The molecule has 0 fully saturated rings. The Morgan fingerprint density at radius 1 is 1.40 bits per heavy atom. The predicted molar refractivity (Wildman–Crippen MR) is 67.0 cm³/mol. The van der Waals surface area contributed by atoms with Crippen molar-refractivity contribution in [3.8, 4) is 0 Å². The van der Waals surface area contributed by atoms with Gasteiger partial charge in [0.15, 0.2) is 0 Å². The number of nitrogens with one attached hydrogen (secondary N) is 1. The topological polar surface area (TPSA) is 32.3 Å². The van der Waals surface area contributed by atoms with Crippen molar-refractivity contribution in [1.29, 1.82) is 0 Å². The van der Waals surface area contributed by atoms with E-state index in [0.717, 1.165) is 4.47 Å². The van der Waals surface area contributed by atoms with E-state index in [4.69, 9.17) is 5.11 Å². The lowest BCUT2D eigenvalue weighted by molar-refractivity contribution is 0.243. The van der Waals surface area contributed by atoms with Gasteiger partial charge in [-0.05, 0) is 38.0 Å². The number of benzene rings is 1. The molecule has 0 amide bonds. The number of aryl methyl sites for hydroxylation is 1. The van der Waals surface area contributed by atoms with Crippen LogP contribution in [0, 0.1) is 6.92 Å². The van der Waals surface area contributed by atoms with E-state index >= 15 is 0 Å². The van der Waals surface area contributed by atoms with Gasteiger partial charge in [0.1, 0.15) is 0 Å². The van der Waals surface area contributed by atoms with Gasteiger partial charge in [-0.2, -0.15) is 0 Å². The molecule has 1 aromatic carbocycles. The third-order valence-electron chi connectivity index (χ3n) is 2.49. The highest BCUT2D eigenvalue weighted by Crippen LogP contribution is 2.21. The van der Waals surface area contributed by atoms with Gasteiger partial charge in [-0.3, -0.25) is 0 Å². The van der Waals surface area contributed by atoms with E-state index in [2.05, 4.69) is 53.3 Å². The van der Waals surface area contributed by atoms with Crippen molar-refractivity contribution in [2.24, 2.45) is 0 Å². The average Bonchev–Trinajstić information content (AvgIpc) is 2.21. The molecule has 0 bridgehead atoms. The molecule has 1 rings (SSSR count). The fraction of sp³-hybridized carbons (Fsp3) is 0.500. The molecule has 0 aliphatic heterocycles. The molecule has 0 heterocycles. The number of hydrogen-bond acceptors (Lipinski definition) is 2. The van der Waals surface area contributed by atoms with Gasteiger partial charge in [0.05, 0.1) is 6.61 Å². The van der Waals surface area contributed by atoms with Gasteiger partial charge in [-0.1, -0.05) is 28.1 Å². The first kappa shape index (κ1) is 12.7. The first-order valence-corrected chi connectivity index (χ1v) is 5.97. The van der Waals surface area contributed by atoms with Crippen LogP contribution in [0.5, 0.6) is 0 Å². The van der Waals surface area contributed by atoms with Crippen molar-refractivity contribution >= 4 is 15.9 Å². The third-order valence-corrected chi connectivity index (χ3v) is 3.38. The average molecular weight is 272 g/mol. The summed E-state index contributed by atoms with van der Waals surface area (Å²) in [6.07, 6.45) is 0. The maximum Gasteiger partial charge on any atom is 0.0582 e. The van der Waals surface area contributed by atoms with E-state index < -0.39 is 0 Å². The SMILES string of the molecule is Cc1cc(C(C)NC(C)CO)ccc1Br. The Morgan fingerprint density at radius 2 is 2.07 bits per heavy atom. The standard InChI is InChI=1S/C12H18BrNO/c1-8-6-11(4-5-12(8)13)10(3)14-9(2)7-15/h4-6,9-10,14-15H,7H2,1-3H3. The smallest absolute Gasteiger partial charge is 0.0582 e. The lowest BCUT2D eigenvalue weighted by Gasteiger charge is -2.19. The molecule has 0 spiro atoms. The summed E-state index contributed by atoms with van der Waals surface area (Å²) in [5.41, 5.74) is 2.48. The molecule has 2 atom stereocenters. The number of hydrogen-bond donors (Lipinski definition) is 2. The molecule has 0 aliphatic carbocycles. The lowest BCUT2D eigenvalue weighted by Crippen LogP contribution is -2.31. The first-order chi connectivity index (χ1) is 7.04. The van der Waals surface area contributed by atoms with Gasteiger partial charge in [-0.15, -0.1) is 0 Å². The second kappa shape index (κ2) is 5.64. The number of halogens is 1. The Kier molecular flexibility index (Phi) is 4.77. The van der Waals surface area contributed by atoms with Crippen LogP contribution in [0.15, 0.2) is 22.7 Å². The van der Waals surface area contributed by atoms with Crippen LogP contribution in [-0.4, -0.2) is 17.8 Å². The Balaban J connectivity index is 2.73. The second-order valence-corrected chi connectivity index (χ2v) is 4.83. The zero-order valence-electron chi connectivity index (χ0n) is 9.42. The van der Waals surface area contributed by atoms with Crippen LogP contribution in [0.4, 0.5) is 0 Å². The van der Waals surface area contributed by atoms with Crippen molar-refractivity contribution in [2.75, 3.05) is 6.61 Å². The van der Waals surface area contributed by atoms with E-state index in [0.29, 0.717) is 0 Å². The monoisotopic (exact) mass is 271 g/mol. The third kappa shape index (κ3) is 3.59. The van der Waals surface area contributed by atoms with E-state index in [9.17, 15) is 0 Å². The molecular weight excluding hydrogens is 254 g/mol. The van der Waals surface area contributed by atoms with Crippen molar-refractivity contribution in [2.45, 2.75) is 32.9 Å². The summed E-state index contributed by atoms with van der Waals surface area (Å²) in [6, 6.07) is 6.71. The maximum atomic E-state index is 8.96. The van der Waals surface area contributed by atoms with E-state index in [1.807, 2.05) is 6.92 Å². The summed E-state index contributed by atoms with van der Waals surface area (Å²) in [7, 11) is 0. The van der Waals surface area contributed by atoms with Crippen LogP contribution in [0.3, 0.4) is 0 Å². The zero-order valence-corrected chi connectivity index (χ0v) is 11.0. The number of rotatable bonds is 4. The first-order valence-electron chi connectivity index (χ1n) is 5.17. The van der Waals surface area contributed by atoms with E-state index in [-0.39, 0.29) is 18.7 Å². The largest absolute Gasteiger partial charge is 0.395 e. The quantitative estimate of drug-likeness (QED) is 0.883. The molecule has 2 unspecified atom stereocenters. The Hall–Kier alpha value is -0.380. The highest BCUT2D eigenvalue weighted by Gasteiger charge is 2.09. The molecule has 1 aromatic rings. The molecule has 0 aliphatic rings. The van der Waals surface area contributed by atoms with Gasteiger partial charge in [0, 0.05) is 16.6 Å². The molecule has 0 saturated carbocycles. The maximum absolute atomic E-state index is 8.96. The Morgan fingerprint density at radius 3 is 2.60 bits per heavy atom. The van der Waals surface area contributed by atoms with Crippen LogP contribution in [0.25, 0.3) is 0 Å². The van der Waals surface area contributed by atoms with E-state index in [1.54, 1.807) is 0 Å². The van der Waals surface area contributed by atoms with Gasteiger partial charge < -0.3 is 10.4 Å². The van der Waals surface area contributed by atoms with Crippen molar-refractivity contribution in [3.63, 3.8) is 0 Å². The van der Waals surface area contributed by atoms with Crippen LogP contribution in [0.2, 0.25) is 0 Å². The molecule has 0 saturated heterocycles. The summed E-state index contributed by atoms with van der Waals surface area (Å²) in [5.74, 6) is 0. The highest BCUT2D eigenvalue weighted by molar-refractivity contribution is 9.10. The van der Waals surface area contributed by atoms with E-state index in [1.165, 1.54) is 11.1 Å². The minimum Gasteiger partial charge on any atom is -0.395 e. The predicted octanol–water partition coefficient (Wildman–Crippen LogP) is 2.79. The number of aliphatic hydroxyl groups is 1. The van der Waals surface area contributed by atoms with Crippen LogP contribution >= 0.6 is 15.9 Å². The van der Waals surface area contributed by atoms with Crippen molar-refractivity contribution < 1.29 is 5.11 Å². The zero-order chi connectivity index (χ0) is 11.4. The fourth-order valence-electron chi connectivity index (χ4n) is 1.51. The molecule has 2 nitrogen and oxygen atoms in total. The van der Waals surface area contributed by atoms with Gasteiger partial charge >= 0.3 is 0 Å². The normalized spacial score (nSPS) is 15.0. The highest BCUT2D eigenvalue weighted by atomic mass is 79.9. The van der Waals surface area contributed by atoms with Gasteiger partial charge in [0.25, 0.3) is 0 Å². The summed E-state index contributed by atoms with van der Waals surface area (Å²) >= 11 is 3.48. The summed E-state index contributed by atoms with van der Waals surface area (Å²) in [4.78, 5) is 0. The summed E-state index contributed by atoms with van der Waals surface area (Å²) in [5, 5.41) is 12.3. The van der Waals surface area contributed by atoms with Gasteiger partial charge in [-0.25, -0.2) is 0 Å². The Labute approximate surface area is 99.8 Å². The lowest BCUT2D eigenvalue weighted by atomic mass is 10.1. The molecule has 84 valence electrons. The molecule has 15 heavy (non-hydrogen) atoms. The molecular formula is C12H18BrNO. The van der Waals surface area contributed by atoms with Crippen molar-refractivity contribution in [1.82, 2.24) is 5.32 Å².